The summed E-state index contributed by atoms with van der Waals surface area (Å²) < 4.78 is 37.0. The molecule has 0 saturated carbocycles. The summed E-state index contributed by atoms with van der Waals surface area (Å²) in [5, 5.41) is 3.93. The molecule has 0 spiro atoms. The number of halogens is 3. The molecule has 18 heavy (non-hydrogen) atoms. The van der Waals surface area contributed by atoms with Crippen LogP contribution in [0.1, 0.15) is 25.8 Å². The molecular weight excluding hydrogens is 261 g/mol. The van der Waals surface area contributed by atoms with Gasteiger partial charge in [-0.05, 0) is 25.1 Å². The van der Waals surface area contributed by atoms with Crippen molar-refractivity contribution in [3.8, 4) is 0 Å². The number of nitrogens with zero attached hydrogens (tertiary/aromatic N) is 1. The minimum Gasteiger partial charge on any atom is -0.313 e. The molecule has 1 atom stereocenters. The van der Waals surface area contributed by atoms with E-state index < -0.39 is 11.7 Å². The Balaban J connectivity index is 2.53. The summed E-state index contributed by atoms with van der Waals surface area (Å²) in [4.78, 5) is 3.83. The van der Waals surface area contributed by atoms with Crippen molar-refractivity contribution >= 4 is 11.8 Å². The summed E-state index contributed by atoms with van der Waals surface area (Å²) in [6.07, 6.45) is -2.44. The fraction of sp³-hybridized carbons (Fsp3) is 0.583. The van der Waals surface area contributed by atoms with Gasteiger partial charge in [0, 0.05) is 18.0 Å². The van der Waals surface area contributed by atoms with E-state index in [0.717, 1.165) is 31.0 Å². The van der Waals surface area contributed by atoms with Crippen molar-refractivity contribution < 1.29 is 13.2 Å². The van der Waals surface area contributed by atoms with Crippen molar-refractivity contribution in [1.29, 1.82) is 0 Å². The average molecular weight is 278 g/mol. The van der Waals surface area contributed by atoms with Gasteiger partial charge in [-0.15, -0.1) is 11.8 Å². The molecule has 1 rings (SSSR count). The molecule has 1 aromatic heterocycles. The van der Waals surface area contributed by atoms with E-state index in [1.165, 1.54) is 17.8 Å². The van der Waals surface area contributed by atoms with Crippen molar-refractivity contribution in [1.82, 2.24) is 10.3 Å². The second kappa shape index (κ2) is 6.99. The van der Waals surface area contributed by atoms with Gasteiger partial charge < -0.3 is 5.32 Å². The highest BCUT2D eigenvalue weighted by molar-refractivity contribution is 7.99. The van der Waals surface area contributed by atoms with Crippen LogP contribution in [-0.2, 0) is 6.18 Å². The summed E-state index contributed by atoms with van der Waals surface area (Å²) in [5.41, 5.74) is -0.703. The van der Waals surface area contributed by atoms with E-state index in [4.69, 9.17) is 0 Å². The minimum atomic E-state index is -4.31. The van der Waals surface area contributed by atoms with Crippen molar-refractivity contribution in [3.63, 3.8) is 0 Å². The smallest absolute Gasteiger partial charge is 0.313 e. The molecule has 0 fully saturated rings. The fourth-order valence-corrected chi connectivity index (χ4v) is 2.45. The topological polar surface area (TPSA) is 24.9 Å². The molecule has 0 saturated heterocycles. The summed E-state index contributed by atoms with van der Waals surface area (Å²) >= 11 is 1.47. The van der Waals surface area contributed by atoms with Crippen LogP contribution in [-0.4, -0.2) is 23.3 Å². The summed E-state index contributed by atoms with van der Waals surface area (Å²) in [6, 6.07) is 2.86. The Labute approximate surface area is 109 Å². The highest BCUT2D eigenvalue weighted by atomic mass is 32.2. The van der Waals surface area contributed by atoms with E-state index >= 15 is 0 Å². The zero-order chi connectivity index (χ0) is 13.6. The van der Waals surface area contributed by atoms with E-state index in [1.54, 1.807) is 0 Å². The van der Waals surface area contributed by atoms with Crippen LogP contribution in [0.3, 0.4) is 0 Å². The van der Waals surface area contributed by atoms with E-state index in [0.29, 0.717) is 11.1 Å². The largest absolute Gasteiger partial charge is 0.417 e. The molecule has 0 aromatic carbocycles. The van der Waals surface area contributed by atoms with Gasteiger partial charge in [0.15, 0.2) is 0 Å². The molecule has 1 N–H and O–H groups in total. The predicted octanol–water partition coefficient (Wildman–Crippen LogP) is 3.58. The molecule has 2 nitrogen and oxygen atoms in total. The molecule has 0 aliphatic rings. The Bertz CT molecular complexity index is 351. The first kappa shape index (κ1) is 15.3. The second-order valence-corrected chi connectivity index (χ2v) is 4.90. The van der Waals surface area contributed by atoms with Crippen LogP contribution in [0.15, 0.2) is 23.4 Å². The van der Waals surface area contributed by atoms with Crippen LogP contribution in [0.25, 0.3) is 0 Å². The lowest BCUT2D eigenvalue weighted by atomic mass is 10.2. The van der Waals surface area contributed by atoms with E-state index in [2.05, 4.69) is 17.2 Å². The second-order valence-electron chi connectivity index (χ2n) is 3.86. The van der Waals surface area contributed by atoms with Gasteiger partial charge in [0.2, 0.25) is 0 Å². The zero-order valence-corrected chi connectivity index (χ0v) is 11.2. The first-order chi connectivity index (χ1) is 8.47. The maximum absolute atomic E-state index is 12.3. The number of hydrogen-bond donors (Lipinski definition) is 1. The first-order valence-electron chi connectivity index (χ1n) is 5.86. The number of thioether (sulfide) groups is 1. The first-order valence-corrected chi connectivity index (χ1v) is 6.85. The number of pyridine rings is 1. The fourth-order valence-electron chi connectivity index (χ4n) is 1.43. The Kier molecular flexibility index (Phi) is 5.95. The summed E-state index contributed by atoms with van der Waals surface area (Å²) in [7, 11) is 0. The Hall–Kier alpha value is -0.750. The number of rotatable bonds is 6. The Morgan fingerprint density at radius 1 is 1.33 bits per heavy atom. The monoisotopic (exact) mass is 278 g/mol. The lowest BCUT2D eigenvalue weighted by Crippen LogP contribution is -2.30. The molecule has 0 aliphatic carbocycles. The molecule has 0 aliphatic heterocycles. The quantitative estimate of drug-likeness (QED) is 0.805. The number of aromatic nitrogens is 1. The van der Waals surface area contributed by atoms with E-state index in [9.17, 15) is 13.2 Å². The van der Waals surface area contributed by atoms with Gasteiger partial charge in [-0.25, -0.2) is 4.98 Å². The summed E-state index contributed by atoms with van der Waals surface area (Å²) in [5.74, 6) is 0.808. The molecular formula is C12H17F3N2S. The number of alkyl halides is 3. The van der Waals surface area contributed by atoms with Crippen LogP contribution in [0, 0.1) is 0 Å². The standard InChI is InChI=1S/C12H17F3N2S/c1-3-10(16-4-2)8-18-11-6-5-9(7-17-11)12(13,14)15/h5-7,10,16H,3-4,8H2,1-2H3. The molecule has 102 valence electrons. The van der Waals surface area contributed by atoms with Gasteiger partial charge in [0.1, 0.15) is 0 Å². The van der Waals surface area contributed by atoms with Gasteiger partial charge >= 0.3 is 6.18 Å². The highest BCUT2D eigenvalue weighted by Crippen LogP contribution is 2.29. The Morgan fingerprint density at radius 2 is 2.06 bits per heavy atom. The molecule has 1 unspecified atom stereocenters. The van der Waals surface area contributed by atoms with Gasteiger partial charge in [-0.2, -0.15) is 13.2 Å². The third-order valence-electron chi connectivity index (χ3n) is 2.48. The highest BCUT2D eigenvalue weighted by Gasteiger charge is 2.30. The Morgan fingerprint density at radius 3 is 2.50 bits per heavy atom. The maximum atomic E-state index is 12.3. The van der Waals surface area contributed by atoms with Gasteiger partial charge in [0.05, 0.1) is 10.6 Å². The molecule has 6 heteroatoms. The van der Waals surface area contributed by atoms with Crippen LogP contribution in [0.2, 0.25) is 0 Å². The lowest BCUT2D eigenvalue weighted by Gasteiger charge is -2.14. The van der Waals surface area contributed by atoms with Crippen molar-refractivity contribution in [2.45, 2.75) is 37.5 Å². The van der Waals surface area contributed by atoms with E-state index in [1.807, 2.05) is 6.92 Å². The summed E-state index contributed by atoms with van der Waals surface area (Å²) in [6.45, 7) is 5.00. The van der Waals surface area contributed by atoms with Gasteiger partial charge in [0.25, 0.3) is 0 Å². The minimum absolute atomic E-state index is 0.365. The maximum Gasteiger partial charge on any atom is 0.417 e. The van der Waals surface area contributed by atoms with Gasteiger partial charge in [-0.1, -0.05) is 13.8 Å². The van der Waals surface area contributed by atoms with Crippen LogP contribution in [0.5, 0.6) is 0 Å². The normalized spacial score (nSPS) is 13.6. The van der Waals surface area contributed by atoms with Crippen molar-refractivity contribution in [3.05, 3.63) is 23.9 Å². The molecule has 0 amide bonds. The van der Waals surface area contributed by atoms with Crippen LogP contribution in [0.4, 0.5) is 13.2 Å². The third-order valence-corrected chi connectivity index (χ3v) is 3.59. The van der Waals surface area contributed by atoms with Crippen molar-refractivity contribution in [2.24, 2.45) is 0 Å². The van der Waals surface area contributed by atoms with Crippen LogP contribution >= 0.6 is 11.8 Å². The average Bonchev–Trinajstić information content (AvgIpc) is 2.34. The number of nitrogens with one attached hydrogen (secondary N) is 1. The molecule has 0 bridgehead atoms. The predicted molar refractivity (Wildman–Crippen MR) is 67.7 cm³/mol. The zero-order valence-electron chi connectivity index (χ0n) is 10.4. The molecule has 1 aromatic rings. The van der Waals surface area contributed by atoms with Gasteiger partial charge in [-0.3, -0.25) is 0 Å². The SMILES string of the molecule is CCNC(CC)CSc1ccc(C(F)(F)F)cn1. The van der Waals surface area contributed by atoms with E-state index in [-0.39, 0.29) is 0 Å². The number of hydrogen-bond acceptors (Lipinski definition) is 3. The third kappa shape index (κ3) is 4.86. The molecule has 1 heterocycles. The van der Waals surface area contributed by atoms with Crippen LogP contribution < -0.4 is 5.32 Å². The van der Waals surface area contributed by atoms with Crippen molar-refractivity contribution in [2.75, 3.05) is 12.3 Å². The lowest BCUT2D eigenvalue weighted by molar-refractivity contribution is -0.137. The molecule has 0 radical (unpaired) electrons.